The van der Waals surface area contributed by atoms with Crippen LogP contribution in [-0.4, -0.2) is 28.9 Å². The number of carbonyl (C=O) groups excluding carboxylic acids is 1. The van der Waals surface area contributed by atoms with E-state index in [0.717, 1.165) is 10.3 Å². The van der Waals surface area contributed by atoms with Gasteiger partial charge in [-0.05, 0) is 38.1 Å². The van der Waals surface area contributed by atoms with E-state index in [1.807, 2.05) is 44.2 Å². The second-order valence-electron chi connectivity index (χ2n) is 5.38. The highest BCUT2D eigenvalue weighted by molar-refractivity contribution is 7.21. The van der Waals surface area contributed by atoms with Gasteiger partial charge in [-0.25, -0.2) is 0 Å². The molecule has 0 radical (unpaired) electrons. The molecule has 0 N–H and O–H groups in total. The van der Waals surface area contributed by atoms with E-state index in [1.165, 1.54) is 11.3 Å². The Balaban J connectivity index is 1.97. The summed E-state index contributed by atoms with van der Waals surface area (Å²) in [6.07, 6.45) is 0. The smallest absolute Gasteiger partial charge is 0.279 e. The van der Waals surface area contributed by atoms with Crippen LogP contribution in [0.15, 0.2) is 53.3 Å². The summed E-state index contributed by atoms with van der Waals surface area (Å²) in [6, 6.07) is 14.8. The van der Waals surface area contributed by atoms with Gasteiger partial charge in [-0.2, -0.15) is 4.98 Å². The lowest BCUT2D eigenvalue weighted by atomic mass is 10.1. The van der Waals surface area contributed by atoms with E-state index in [9.17, 15) is 9.59 Å². The van der Waals surface area contributed by atoms with Crippen molar-refractivity contribution < 1.29 is 4.79 Å². The van der Waals surface area contributed by atoms with Crippen molar-refractivity contribution in [2.45, 2.75) is 13.8 Å². The molecule has 0 atom stereocenters. The zero-order valence-electron chi connectivity index (χ0n) is 13.7. The highest BCUT2D eigenvalue weighted by atomic mass is 32.1. The fraction of sp³-hybridized carbons (Fsp3) is 0.211. The number of nitrogens with zero attached hydrogens (tertiary/aromatic N) is 2. The van der Waals surface area contributed by atoms with Gasteiger partial charge < -0.3 is 4.90 Å². The van der Waals surface area contributed by atoms with Gasteiger partial charge in [-0.3, -0.25) is 9.59 Å². The Morgan fingerprint density at radius 1 is 1.04 bits per heavy atom. The van der Waals surface area contributed by atoms with Crippen molar-refractivity contribution in [3.63, 3.8) is 0 Å². The maximum atomic E-state index is 12.3. The van der Waals surface area contributed by atoms with Crippen molar-refractivity contribution >= 4 is 27.3 Å². The van der Waals surface area contributed by atoms with Gasteiger partial charge in [0.1, 0.15) is 5.01 Å². The lowest BCUT2D eigenvalue weighted by molar-refractivity contribution is 0.0773. The molecular weight excluding hydrogens is 320 g/mol. The summed E-state index contributed by atoms with van der Waals surface area (Å²) in [5.74, 6) is 0.0196. The number of fused-ring (bicyclic) bond motifs is 1. The lowest BCUT2D eigenvalue weighted by Gasteiger charge is -2.18. The average Bonchev–Trinajstić information content (AvgIpc) is 2.63. The molecule has 0 aliphatic rings. The molecule has 24 heavy (non-hydrogen) atoms. The molecule has 0 unspecified atom stereocenters. The van der Waals surface area contributed by atoms with Crippen LogP contribution in [0.25, 0.3) is 20.7 Å². The molecule has 0 fully saturated rings. The van der Waals surface area contributed by atoms with Crippen molar-refractivity contribution in [1.82, 2.24) is 9.88 Å². The van der Waals surface area contributed by atoms with Gasteiger partial charge in [0, 0.05) is 28.9 Å². The highest BCUT2D eigenvalue weighted by Crippen LogP contribution is 2.26. The number of rotatable bonds is 4. The van der Waals surface area contributed by atoms with Crippen LogP contribution >= 0.6 is 11.3 Å². The fourth-order valence-electron chi connectivity index (χ4n) is 2.58. The SMILES string of the molecule is CCN(CC)C(=O)c1ccc(-c2nc(=O)c3ccccc3s2)cc1. The molecule has 3 aromatic rings. The third-order valence-corrected chi connectivity index (χ3v) is 5.05. The molecule has 0 spiro atoms. The van der Waals surface area contributed by atoms with Crippen molar-refractivity contribution in [3.05, 3.63) is 64.4 Å². The summed E-state index contributed by atoms with van der Waals surface area (Å²) < 4.78 is 0.913. The van der Waals surface area contributed by atoms with E-state index < -0.39 is 0 Å². The molecule has 0 aliphatic heterocycles. The molecule has 122 valence electrons. The van der Waals surface area contributed by atoms with E-state index in [0.29, 0.717) is 29.0 Å². The van der Waals surface area contributed by atoms with Crippen LogP contribution in [0.4, 0.5) is 0 Å². The number of carbonyl (C=O) groups is 1. The predicted octanol–water partition coefficient (Wildman–Crippen LogP) is 3.81. The molecule has 1 heterocycles. The summed E-state index contributed by atoms with van der Waals surface area (Å²) in [5, 5.41) is 1.31. The molecule has 2 aromatic carbocycles. The fourth-order valence-corrected chi connectivity index (χ4v) is 3.59. The molecule has 0 aliphatic carbocycles. The quantitative estimate of drug-likeness (QED) is 0.727. The third kappa shape index (κ3) is 3.08. The van der Waals surface area contributed by atoms with Crippen molar-refractivity contribution in [2.75, 3.05) is 13.1 Å². The van der Waals surface area contributed by atoms with E-state index in [1.54, 1.807) is 23.1 Å². The van der Waals surface area contributed by atoms with Crippen LogP contribution < -0.4 is 5.56 Å². The Hall–Kier alpha value is -2.53. The van der Waals surface area contributed by atoms with Crippen LogP contribution in [0.3, 0.4) is 0 Å². The molecule has 0 saturated carbocycles. The van der Waals surface area contributed by atoms with Crippen molar-refractivity contribution in [2.24, 2.45) is 0 Å². The molecule has 0 saturated heterocycles. The molecule has 0 bridgehead atoms. The Morgan fingerprint density at radius 3 is 2.38 bits per heavy atom. The number of amides is 1. The summed E-state index contributed by atoms with van der Waals surface area (Å²) >= 11 is 1.48. The first-order chi connectivity index (χ1) is 11.6. The standard InChI is InChI=1S/C19H18N2O2S/c1-3-21(4-2)19(23)14-11-9-13(10-12-14)18-20-17(22)15-7-5-6-8-16(15)24-18/h5-12H,3-4H2,1-2H3. The average molecular weight is 338 g/mol. The molecule has 3 rings (SSSR count). The normalized spacial score (nSPS) is 10.8. The summed E-state index contributed by atoms with van der Waals surface area (Å²) in [7, 11) is 0. The van der Waals surface area contributed by atoms with E-state index in [4.69, 9.17) is 0 Å². The Kier molecular flexibility index (Phi) is 4.71. The topological polar surface area (TPSA) is 50.3 Å². The highest BCUT2D eigenvalue weighted by Gasteiger charge is 2.13. The zero-order chi connectivity index (χ0) is 17.1. The number of aromatic nitrogens is 1. The van der Waals surface area contributed by atoms with Crippen molar-refractivity contribution in [3.8, 4) is 10.6 Å². The first-order valence-corrected chi connectivity index (χ1v) is 8.75. The maximum Gasteiger partial charge on any atom is 0.279 e. The number of hydrogen-bond donors (Lipinski definition) is 0. The lowest BCUT2D eigenvalue weighted by Crippen LogP contribution is -2.30. The van der Waals surface area contributed by atoms with Gasteiger partial charge in [0.25, 0.3) is 11.5 Å². The van der Waals surface area contributed by atoms with Gasteiger partial charge >= 0.3 is 0 Å². The molecular formula is C19H18N2O2S. The molecule has 4 nitrogen and oxygen atoms in total. The summed E-state index contributed by atoms with van der Waals surface area (Å²) in [5.41, 5.74) is 1.28. The summed E-state index contributed by atoms with van der Waals surface area (Å²) in [6.45, 7) is 5.30. The summed E-state index contributed by atoms with van der Waals surface area (Å²) in [4.78, 5) is 30.5. The van der Waals surface area contributed by atoms with Gasteiger partial charge in [0.05, 0.1) is 5.39 Å². The second kappa shape index (κ2) is 6.93. The Bertz CT molecular complexity index is 928. The van der Waals surface area contributed by atoms with Gasteiger partial charge in [0.15, 0.2) is 0 Å². The number of benzene rings is 2. The minimum Gasteiger partial charge on any atom is -0.339 e. The molecule has 1 amide bonds. The van der Waals surface area contributed by atoms with Crippen LogP contribution in [0.5, 0.6) is 0 Å². The van der Waals surface area contributed by atoms with E-state index in [2.05, 4.69) is 4.98 Å². The number of hydrogen-bond acceptors (Lipinski definition) is 4. The zero-order valence-corrected chi connectivity index (χ0v) is 14.5. The maximum absolute atomic E-state index is 12.3. The largest absolute Gasteiger partial charge is 0.339 e. The first kappa shape index (κ1) is 16.3. The van der Waals surface area contributed by atoms with E-state index in [-0.39, 0.29) is 11.5 Å². The first-order valence-electron chi connectivity index (χ1n) is 7.93. The van der Waals surface area contributed by atoms with E-state index >= 15 is 0 Å². The van der Waals surface area contributed by atoms with Crippen LogP contribution in [0.2, 0.25) is 0 Å². The monoisotopic (exact) mass is 338 g/mol. The van der Waals surface area contributed by atoms with Crippen LogP contribution in [-0.2, 0) is 0 Å². The third-order valence-electron chi connectivity index (χ3n) is 3.96. The second-order valence-corrected chi connectivity index (χ2v) is 6.41. The molecule has 5 heteroatoms. The van der Waals surface area contributed by atoms with Gasteiger partial charge in [-0.15, -0.1) is 11.3 Å². The molecule has 1 aromatic heterocycles. The minimum atomic E-state index is -0.220. The van der Waals surface area contributed by atoms with Crippen LogP contribution in [0, 0.1) is 0 Å². The van der Waals surface area contributed by atoms with Gasteiger partial charge in [0.2, 0.25) is 0 Å². The van der Waals surface area contributed by atoms with Crippen molar-refractivity contribution in [1.29, 1.82) is 0 Å². The minimum absolute atomic E-state index is 0.0196. The Morgan fingerprint density at radius 2 is 1.71 bits per heavy atom. The van der Waals surface area contributed by atoms with Crippen LogP contribution in [0.1, 0.15) is 24.2 Å². The Labute approximate surface area is 144 Å². The predicted molar refractivity (Wildman–Crippen MR) is 98.6 cm³/mol. The van der Waals surface area contributed by atoms with Gasteiger partial charge in [-0.1, -0.05) is 24.3 Å².